The van der Waals surface area contributed by atoms with Crippen LogP contribution in [0.15, 0.2) is 23.4 Å². The maximum absolute atomic E-state index is 8.52. The van der Waals surface area contributed by atoms with Crippen molar-refractivity contribution in [1.82, 2.24) is 0 Å². The molecule has 0 amide bonds. The highest BCUT2D eigenvalue weighted by Gasteiger charge is 2.04. The monoisotopic (exact) mass is 194 g/mol. The van der Waals surface area contributed by atoms with E-state index in [1.165, 1.54) is 0 Å². The van der Waals surface area contributed by atoms with Crippen molar-refractivity contribution in [2.45, 2.75) is 13.8 Å². The van der Waals surface area contributed by atoms with Gasteiger partial charge in [0.05, 0.1) is 6.61 Å². The van der Waals surface area contributed by atoms with E-state index in [9.17, 15) is 0 Å². The van der Waals surface area contributed by atoms with E-state index in [4.69, 9.17) is 15.7 Å². The van der Waals surface area contributed by atoms with Crippen LogP contribution >= 0.6 is 0 Å². The van der Waals surface area contributed by atoms with Crippen molar-refractivity contribution in [2.75, 3.05) is 6.61 Å². The van der Waals surface area contributed by atoms with Gasteiger partial charge in [0, 0.05) is 5.56 Å². The molecule has 0 aliphatic rings. The summed E-state index contributed by atoms with van der Waals surface area (Å²) in [6.07, 6.45) is 0. The van der Waals surface area contributed by atoms with Crippen LogP contribution in [-0.2, 0) is 0 Å². The third-order valence-corrected chi connectivity index (χ3v) is 1.89. The third kappa shape index (κ3) is 2.16. The van der Waals surface area contributed by atoms with E-state index in [1.807, 2.05) is 19.9 Å². The van der Waals surface area contributed by atoms with Crippen LogP contribution in [0.3, 0.4) is 0 Å². The number of nitrogens with two attached hydrogens (primary N) is 1. The summed E-state index contributed by atoms with van der Waals surface area (Å²) >= 11 is 0. The molecule has 1 aromatic carbocycles. The number of hydrogen-bond acceptors (Lipinski definition) is 3. The first-order valence-corrected chi connectivity index (χ1v) is 4.40. The van der Waals surface area contributed by atoms with Crippen LogP contribution < -0.4 is 10.5 Å². The summed E-state index contributed by atoms with van der Waals surface area (Å²) in [5, 5.41) is 11.5. The Kier molecular flexibility index (Phi) is 3.34. The molecule has 0 spiro atoms. The first kappa shape index (κ1) is 10.4. The second-order valence-electron chi connectivity index (χ2n) is 2.89. The van der Waals surface area contributed by atoms with Crippen LogP contribution in [0.5, 0.6) is 5.75 Å². The number of nitrogens with zero attached hydrogens (tertiary/aromatic N) is 1. The zero-order valence-electron chi connectivity index (χ0n) is 8.32. The normalized spacial score (nSPS) is 11.4. The molecule has 1 aromatic rings. The van der Waals surface area contributed by atoms with Crippen molar-refractivity contribution >= 4 is 5.84 Å². The molecule has 0 saturated carbocycles. The molecule has 4 nitrogen and oxygen atoms in total. The molecular weight excluding hydrogens is 180 g/mol. The van der Waals surface area contributed by atoms with Crippen molar-refractivity contribution in [3.8, 4) is 5.75 Å². The number of oxime groups is 1. The minimum absolute atomic E-state index is 0.116. The Balaban J connectivity index is 3.01. The Morgan fingerprint density at radius 2 is 2.29 bits per heavy atom. The van der Waals surface area contributed by atoms with Crippen LogP contribution in [0.25, 0.3) is 0 Å². The zero-order chi connectivity index (χ0) is 10.6. The summed E-state index contributed by atoms with van der Waals surface area (Å²) in [5.41, 5.74) is 7.12. The maximum atomic E-state index is 8.52. The summed E-state index contributed by atoms with van der Waals surface area (Å²) in [6.45, 7) is 4.44. The Morgan fingerprint density at radius 3 is 2.79 bits per heavy atom. The van der Waals surface area contributed by atoms with Crippen LogP contribution in [0.4, 0.5) is 0 Å². The van der Waals surface area contributed by atoms with Crippen molar-refractivity contribution in [3.63, 3.8) is 0 Å². The summed E-state index contributed by atoms with van der Waals surface area (Å²) in [7, 11) is 0. The largest absolute Gasteiger partial charge is 0.494 e. The second-order valence-corrected chi connectivity index (χ2v) is 2.89. The second kappa shape index (κ2) is 4.50. The predicted molar refractivity (Wildman–Crippen MR) is 54.9 cm³/mol. The minimum Gasteiger partial charge on any atom is -0.494 e. The highest BCUT2D eigenvalue weighted by atomic mass is 16.5. The average Bonchev–Trinajstić information content (AvgIpc) is 2.17. The lowest BCUT2D eigenvalue weighted by molar-refractivity contribution is 0.318. The average molecular weight is 194 g/mol. The zero-order valence-corrected chi connectivity index (χ0v) is 8.32. The van der Waals surface area contributed by atoms with E-state index in [1.54, 1.807) is 12.1 Å². The van der Waals surface area contributed by atoms with E-state index in [0.29, 0.717) is 6.61 Å². The first-order valence-electron chi connectivity index (χ1n) is 4.40. The van der Waals surface area contributed by atoms with Crippen LogP contribution in [0, 0.1) is 6.92 Å². The number of hydrogen-bond donors (Lipinski definition) is 2. The molecule has 0 aliphatic carbocycles. The van der Waals surface area contributed by atoms with Crippen LogP contribution in [0.1, 0.15) is 18.1 Å². The highest BCUT2D eigenvalue weighted by molar-refractivity contribution is 5.98. The highest BCUT2D eigenvalue weighted by Crippen LogP contribution is 2.16. The van der Waals surface area contributed by atoms with E-state index >= 15 is 0 Å². The fourth-order valence-corrected chi connectivity index (χ4v) is 1.23. The van der Waals surface area contributed by atoms with Crippen molar-refractivity contribution in [2.24, 2.45) is 10.9 Å². The molecule has 0 aliphatic heterocycles. The van der Waals surface area contributed by atoms with Gasteiger partial charge < -0.3 is 15.7 Å². The van der Waals surface area contributed by atoms with Crippen molar-refractivity contribution < 1.29 is 9.94 Å². The van der Waals surface area contributed by atoms with Gasteiger partial charge in [0.2, 0.25) is 0 Å². The fourth-order valence-electron chi connectivity index (χ4n) is 1.23. The number of benzene rings is 1. The van der Waals surface area contributed by atoms with Gasteiger partial charge in [0.1, 0.15) is 5.75 Å². The molecule has 0 saturated heterocycles. The quantitative estimate of drug-likeness (QED) is 0.331. The van der Waals surface area contributed by atoms with E-state index in [-0.39, 0.29) is 5.84 Å². The molecule has 76 valence electrons. The molecule has 0 unspecified atom stereocenters. The number of aryl methyl sites for hydroxylation is 1. The summed E-state index contributed by atoms with van der Waals surface area (Å²) in [4.78, 5) is 0. The maximum Gasteiger partial charge on any atom is 0.170 e. The van der Waals surface area contributed by atoms with Gasteiger partial charge in [-0.15, -0.1) is 0 Å². The minimum atomic E-state index is 0.116. The van der Waals surface area contributed by atoms with Gasteiger partial charge in [-0.3, -0.25) is 0 Å². The number of amidine groups is 1. The van der Waals surface area contributed by atoms with E-state index < -0.39 is 0 Å². The Morgan fingerprint density at radius 1 is 1.57 bits per heavy atom. The molecule has 3 N–H and O–H groups in total. The van der Waals surface area contributed by atoms with Gasteiger partial charge in [0.25, 0.3) is 0 Å². The van der Waals surface area contributed by atoms with E-state index in [2.05, 4.69) is 5.16 Å². The topological polar surface area (TPSA) is 67.8 Å². The fraction of sp³-hybridized carbons (Fsp3) is 0.300. The molecule has 0 fully saturated rings. The lowest BCUT2D eigenvalue weighted by Crippen LogP contribution is -2.14. The molecule has 4 heteroatoms. The standard InChI is InChI=1S/C10H14N2O2/c1-3-14-8-4-5-9(7(2)6-8)10(11)12-13/h4-6,13H,3H2,1-2H3,(H2,11,12). The lowest BCUT2D eigenvalue weighted by Gasteiger charge is -2.07. The van der Waals surface area contributed by atoms with Gasteiger partial charge in [-0.05, 0) is 37.6 Å². The molecule has 0 bridgehead atoms. The predicted octanol–water partition coefficient (Wildman–Crippen LogP) is 1.49. The van der Waals surface area contributed by atoms with Gasteiger partial charge in [-0.25, -0.2) is 0 Å². The molecule has 14 heavy (non-hydrogen) atoms. The van der Waals surface area contributed by atoms with Crippen LogP contribution in [0.2, 0.25) is 0 Å². The van der Waals surface area contributed by atoms with Crippen molar-refractivity contribution in [3.05, 3.63) is 29.3 Å². The molecular formula is C10H14N2O2. The van der Waals surface area contributed by atoms with E-state index in [0.717, 1.165) is 16.9 Å². The molecule has 0 atom stereocenters. The van der Waals surface area contributed by atoms with Gasteiger partial charge in [-0.1, -0.05) is 5.16 Å². The Bertz CT molecular complexity index is 348. The van der Waals surface area contributed by atoms with Gasteiger partial charge in [-0.2, -0.15) is 0 Å². The van der Waals surface area contributed by atoms with Crippen molar-refractivity contribution in [1.29, 1.82) is 0 Å². The summed E-state index contributed by atoms with van der Waals surface area (Å²) in [6, 6.07) is 5.43. The SMILES string of the molecule is CCOc1ccc(/C(N)=N/O)c(C)c1. The number of rotatable bonds is 3. The third-order valence-electron chi connectivity index (χ3n) is 1.89. The molecule has 0 aromatic heterocycles. The smallest absolute Gasteiger partial charge is 0.170 e. The summed E-state index contributed by atoms with van der Waals surface area (Å²) < 4.78 is 5.31. The molecule has 1 rings (SSSR count). The van der Waals surface area contributed by atoms with Crippen LogP contribution in [-0.4, -0.2) is 17.6 Å². The molecule has 0 radical (unpaired) electrons. The van der Waals surface area contributed by atoms with Gasteiger partial charge >= 0.3 is 0 Å². The Hall–Kier alpha value is -1.71. The summed E-state index contributed by atoms with van der Waals surface area (Å²) in [5.74, 6) is 0.907. The lowest BCUT2D eigenvalue weighted by atomic mass is 10.1. The molecule has 0 heterocycles. The Labute approximate surface area is 83.0 Å². The van der Waals surface area contributed by atoms with Gasteiger partial charge in [0.15, 0.2) is 5.84 Å². The first-order chi connectivity index (χ1) is 6.69. The number of ether oxygens (including phenoxy) is 1.